The SMILES string of the molecule is CCC(C)(C)c1cc(SC)c(O)c(SC)c1. The van der Waals surface area contributed by atoms with Gasteiger partial charge in [0, 0.05) is 0 Å². The van der Waals surface area contributed by atoms with Gasteiger partial charge in [0.15, 0.2) is 0 Å². The van der Waals surface area contributed by atoms with Crippen LogP contribution >= 0.6 is 23.5 Å². The van der Waals surface area contributed by atoms with E-state index in [4.69, 9.17) is 0 Å². The summed E-state index contributed by atoms with van der Waals surface area (Å²) < 4.78 is 0. The van der Waals surface area contributed by atoms with E-state index in [0.717, 1.165) is 16.2 Å². The van der Waals surface area contributed by atoms with Crippen LogP contribution in [0.1, 0.15) is 32.8 Å². The molecule has 0 fully saturated rings. The molecule has 1 aromatic carbocycles. The number of phenolic OH excluding ortho intramolecular Hbond substituents is 1. The van der Waals surface area contributed by atoms with Crippen LogP contribution < -0.4 is 0 Å². The van der Waals surface area contributed by atoms with Crippen molar-refractivity contribution >= 4 is 23.5 Å². The average molecular weight is 256 g/mol. The number of benzene rings is 1. The molecule has 0 aliphatic heterocycles. The zero-order valence-electron chi connectivity index (χ0n) is 10.6. The Bertz CT molecular complexity index is 347. The number of thioether (sulfide) groups is 2. The Morgan fingerprint density at radius 1 is 1.12 bits per heavy atom. The first-order valence-electron chi connectivity index (χ1n) is 5.41. The predicted molar refractivity (Wildman–Crippen MR) is 75.0 cm³/mol. The smallest absolute Gasteiger partial charge is 0.142 e. The van der Waals surface area contributed by atoms with Gasteiger partial charge in [-0.05, 0) is 42.0 Å². The van der Waals surface area contributed by atoms with Crippen molar-refractivity contribution in [3.05, 3.63) is 17.7 Å². The Morgan fingerprint density at radius 2 is 1.56 bits per heavy atom. The summed E-state index contributed by atoms with van der Waals surface area (Å²) >= 11 is 3.20. The van der Waals surface area contributed by atoms with Crippen molar-refractivity contribution in [3.8, 4) is 5.75 Å². The van der Waals surface area contributed by atoms with E-state index in [-0.39, 0.29) is 5.41 Å². The quantitative estimate of drug-likeness (QED) is 0.800. The lowest BCUT2D eigenvalue weighted by atomic mass is 9.82. The van der Waals surface area contributed by atoms with Crippen molar-refractivity contribution in [2.45, 2.75) is 42.4 Å². The van der Waals surface area contributed by atoms with Gasteiger partial charge in [0.1, 0.15) is 5.75 Å². The van der Waals surface area contributed by atoms with Crippen LogP contribution in [0.25, 0.3) is 0 Å². The van der Waals surface area contributed by atoms with Crippen LogP contribution in [0.3, 0.4) is 0 Å². The number of hydrogen-bond donors (Lipinski definition) is 1. The zero-order chi connectivity index (χ0) is 12.3. The molecule has 0 bridgehead atoms. The van der Waals surface area contributed by atoms with Crippen molar-refractivity contribution in [1.82, 2.24) is 0 Å². The molecule has 0 spiro atoms. The van der Waals surface area contributed by atoms with Gasteiger partial charge in [-0.2, -0.15) is 0 Å². The van der Waals surface area contributed by atoms with Gasteiger partial charge >= 0.3 is 0 Å². The lowest BCUT2D eigenvalue weighted by molar-refractivity contribution is 0.444. The van der Waals surface area contributed by atoms with Gasteiger partial charge in [-0.3, -0.25) is 0 Å². The van der Waals surface area contributed by atoms with Crippen molar-refractivity contribution in [3.63, 3.8) is 0 Å². The van der Waals surface area contributed by atoms with E-state index in [1.54, 1.807) is 23.5 Å². The van der Waals surface area contributed by atoms with Crippen LogP contribution in [0, 0.1) is 0 Å². The first kappa shape index (κ1) is 13.8. The van der Waals surface area contributed by atoms with E-state index in [9.17, 15) is 5.11 Å². The number of phenols is 1. The van der Waals surface area contributed by atoms with E-state index in [1.807, 2.05) is 12.5 Å². The molecule has 0 atom stereocenters. The van der Waals surface area contributed by atoms with Crippen molar-refractivity contribution in [2.24, 2.45) is 0 Å². The molecule has 0 amide bonds. The van der Waals surface area contributed by atoms with E-state index < -0.39 is 0 Å². The minimum absolute atomic E-state index is 0.169. The molecule has 3 heteroatoms. The molecule has 1 nitrogen and oxygen atoms in total. The highest BCUT2D eigenvalue weighted by molar-refractivity contribution is 7.99. The van der Waals surface area contributed by atoms with Crippen molar-refractivity contribution in [2.75, 3.05) is 12.5 Å². The fourth-order valence-corrected chi connectivity index (χ4v) is 2.65. The molecule has 0 unspecified atom stereocenters. The second-order valence-corrected chi connectivity index (χ2v) is 6.16. The van der Waals surface area contributed by atoms with Gasteiger partial charge in [0.25, 0.3) is 0 Å². The maximum absolute atomic E-state index is 10.0. The number of aromatic hydroxyl groups is 1. The van der Waals surface area contributed by atoms with Gasteiger partial charge in [-0.1, -0.05) is 20.8 Å². The summed E-state index contributed by atoms with van der Waals surface area (Å²) in [6.45, 7) is 6.69. The highest BCUT2D eigenvalue weighted by Gasteiger charge is 2.21. The van der Waals surface area contributed by atoms with Gasteiger partial charge < -0.3 is 5.11 Å². The second-order valence-electron chi connectivity index (χ2n) is 4.47. The van der Waals surface area contributed by atoms with Crippen LogP contribution in [-0.2, 0) is 5.41 Å². The predicted octanol–water partition coefficient (Wildman–Crippen LogP) is 4.52. The summed E-state index contributed by atoms with van der Waals surface area (Å²) in [6, 6.07) is 4.23. The Morgan fingerprint density at radius 3 is 1.88 bits per heavy atom. The summed E-state index contributed by atoms with van der Waals surface area (Å²) in [5, 5.41) is 10.0. The maximum atomic E-state index is 10.0. The third kappa shape index (κ3) is 2.69. The summed E-state index contributed by atoms with van der Waals surface area (Å²) in [7, 11) is 0. The highest BCUT2D eigenvalue weighted by Crippen LogP contribution is 2.40. The summed E-state index contributed by atoms with van der Waals surface area (Å²) in [4.78, 5) is 1.95. The molecule has 0 saturated carbocycles. The maximum Gasteiger partial charge on any atom is 0.142 e. The largest absolute Gasteiger partial charge is 0.506 e. The third-order valence-electron chi connectivity index (χ3n) is 3.15. The summed E-state index contributed by atoms with van der Waals surface area (Å²) in [6.07, 6.45) is 5.10. The first-order chi connectivity index (χ1) is 7.46. The second kappa shape index (κ2) is 5.37. The topological polar surface area (TPSA) is 20.2 Å². The van der Waals surface area contributed by atoms with E-state index >= 15 is 0 Å². The Balaban J connectivity index is 3.32. The van der Waals surface area contributed by atoms with Crippen molar-refractivity contribution in [1.29, 1.82) is 0 Å². The van der Waals surface area contributed by atoms with Gasteiger partial charge in [0.2, 0.25) is 0 Å². The van der Waals surface area contributed by atoms with Crippen LogP contribution in [0.2, 0.25) is 0 Å². The minimum atomic E-state index is 0.169. The van der Waals surface area contributed by atoms with Crippen LogP contribution in [0.4, 0.5) is 0 Å². The Kier molecular flexibility index (Phi) is 4.62. The lowest BCUT2D eigenvalue weighted by Gasteiger charge is -2.25. The normalized spacial score (nSPS) is 11.8. The molecule has 0 radical (unpaired) electrons. The van der Waals surface area contributed by atoms with E-state index in [1.165, 1.54) is 5.56 Å². The van der Waals surface area contributed by atoms with Gasteiger partial charge in [-0.15, -0.1) is 23.5 Å². The Labute approximate surface area is 107 Å². The molecule has 16 heavy (non-hydrogen) atoms. The molecule has 1 N–H and O–H groups in total. The van der Waals surface area contributed by atoms with Crippen LogP contribution in [0.15, 0.2) is 21.9 Å². The van der Waals surface area contributed by atoms with Gasteiger partial charge in [-0.25, -0.2) is 0 Å². The lowest BCUT2D eigenvalue weighted by Crippen LogP contribution is -2.15. The molecule has 90 valence electrons. The van der Waals surface area contributed by atoms with Crippen LogP contribution in [-0.4, -0.2) is 17.6 Å². The first-order valence-corrected chi connectivity index (χ1v) is 7.86. The molecule has 0 saturated heterocycles. The monoisotopic (exact) mass is 256 g/mol. The fourth-order valence-electron chi connectivity index (χ4n) is 1.49. The van der Waals surface area contributed by atoms with Gasteiger partial charge in [0.05, 0.1) is 9.79 Å². The van der Waals surface area contributed by atoms with Crippen LogP contribution in [0.5, 0.6) is 5.75 Å². The highest BCUT2D eigenvalue weighted by atomic mass is 32.2. The molecule has 1 rings (SSSR count). The molecular weight excluding hydrogens is 236 g/mol. The number of rotatable bonds is 4. The molecule has 0 heterocycles. The standard InChI is InChI=1S/C13H20OS2/c1-6-13(2,3)9-7-10(15-4)12(14)11(8-9)16-5/h7-8,14H,6H2,1-5H3. The third-order valence-corrected chi connectivity index (χ3v) is 4.65. The minimum Gasteiger partial charge on any atom is -0.506 e. The van der Waals surface area contributed by atoms with E-state index in [0.29, 0.717) is 5.75 Å². The van der Waals surface area contributed by atoms with E-state index in [2.05, 4.69) is 32.9 Å². The molecule has 0 aliphatic rings. The zero-order valence-corrected chi connectivity index (χ0v) is 12.3. The van der Waals surface area contributed by atoms with Crippen molar-refractivity contribution < 1.29 is 5.11 Å². The molecule has 1 aromatic rings. The average Bonchev–Trinajstić information content (AvgIpc) is 2.29. The summed E-state index contributed by atoms with van der Waals surface area (Å²) in [5.41, 5.74) is 1.48. The number of hydrogen-bond acceptors (Lipinski definition) is 3. The molecule has 0 aromatic heterocycles. The summed E-state index contributed by atoms with van der Waals surface area (Å²) in [5.74, 6) is 0.427. The fraction of sp³-hybridized carbons (Fsp3) is 0.538. The molecule has 0 aliphatic carbocycles. The Hall–Kier alpha value is -0.280. The molecular formula is C13H20OS2.